The summed E-state index contributed by atoms with van der Waals surface area (Å²) in [6, 6.07) is 41.9. The highest BCUT2D eigenvalue weighted by molar-refractivity contribution is 6.01. The number of hydrogen-bond acceptors (Lipinski definition) is 4. The summed E-state index contributed by atoms with van der Waals surface area (Å²) in [4.78, 5) is 25.5. The fourth-order valence-electron chi connectivity index (χ4n) is 4.52. The summed E-state index contributed by atoms with van der Waals surface area (Å²) >= 11 is 0. The molecule has 0 bridgehead atoms. The molecule has 0 heterocycles. The molecule has 0 saturated carbocycles. The van der Waals surface area contributed by atoms with E-state index in [9.17, 15) is 9.59 Å². The lowest BCUT2D eigenvalue weighted by Gasteiger charge is -2.22. The number of rotatable bonds is 9. The van der Waals surface area contributed by atoms with Crippen LogP contribution in [0.4, 0.5) is 16.2 Å². The number of amides is 2. The highest BCUT2D eigenvalue weighted by atomic mass is 16.5. The van der Waals surface area contributed by atoms with E-state index in [1.54, 1.807) is 18.2 Å². The predicted molar refractivity (Wildman–Crippen MR) is 161 cm³/mol. The molecular weight excluding hydrogens is 512 g/mol. The zero-order valence-corrected chi connectivity index (χ0v) is 22.6. The van der Waals surface area contributed by atoms with E-state index in [1.165, 1.54) is 12.7 Å². The topological polar surface area (TPSA) is 76.7 Å². The van der Waals surface area contributed by atoms with Gasteiger partial charge < -0.3 is 20.1 Å². The van der Waals surface area contributed by atoms with Gasteiger partial charge in [0.15, 0.2) is 0 Å². The molecule has 204 valence electrons. The fourth-order valence-corrected chi connectivity index (χ4v) is 4.52. The number of methoxy groups -OCH3 is 1. The van der Waals surface area contributed by atoms with Crippen LogP contribution in [0.3, 0.4) is 0 Å². The van der Waals surface area contributed by atoms with Gasteiger partial charge in [0.05, 0.1) is 7.11 Å². The number of urea groups is 1. The summed E-state index contributed by atoms with van der Waals surface area (Å²) in [5.41, 5.74) is 5.51. The van der Waals surface area contributed by atoms with E-state index < -0.39 is 18.1 Å². The van der Waals surface area contributed by atoms with Crippen molar-refractivity contribution in [3.63, 3.8) is 0 Å². The molecule has 0 unspecified atom stereocenters. The van der Waals surface area contributed by atoms with E-state index in [-0.39, 0.29) is 5.56 Å². The monoisotopic (exact) mass is 542 g/mol. The van der Waals surface area contributed by atoms with E-state index >= 15 is 0 Å². The summed E-state index contributed by atoms with van der Waals surface area (Å²) in [5.74, 6) is -0.229. The van der Waals surface area contributed by atoms with Crippen molar-refractivity contribution in [3.8, 4) is 5.75 Å². The van der Waals surface area contributed by atoms with Crippen molar-refractivity contribution in [2.24, 2.45) is 0 Å². The third-order valence-corrected chi connectivity index (χ3v) is 6.56. The molecule has 0 saturated heterocycles. The Balaban J connectivity index is 1.30. The standard InChI is InChI=1S/C35H30N2O4/c1-40-34(38)31-24-30(37-35(39)36-29-19-17-26(18-20-29)23-25-11-5-2-6-12-25)21-22-32(31)41-33(27-13-7-3-8-14-27)28-15-9-4-10-16-28/h2-22,24,33H,23H2,1H3,(H2,36,37,39). The van der Waals surface area contributed by atoms with Crippen molar-refractivity contribution in [3.05, 3.63) is 161 Å². The molecule has 0 aliphatic carbocycles. The van der Waals surface area contributed by atoms with Gasteiger partial charge in [-0.3, -0.25) is 0 Å². The van der Waals surface area contributed by atoms with Crippen molar-refractivity contribution in [1.82, 2.24) is 0 Å². The van der Waals surface area contributed by atoms with Crippen LogP contribution in [0.15, 0.2) is 133 Å². The Bertz CT molecular complexity index is 1550. The molecule has 2 N–H and O–H groups in total. The molecule has 0 aliphatic rings. The second kappa shape index (κ2) is 13.1. The van der Waals surface area contributed by atoms with Gasteiger partial charge in [-0.05, 0) is 59.0 Å². The van der Waals surface area contributed by atoms with Gasteiger partial charge in [-0.1, -0.05) is 103 Å². The van der Waals surface area contributed by atoms with E-state index in [0.29, 0.717) is 17.1 Å². The second-order valence-corrected chi connectivity index (χ2v) is 9.46. The van der Waals surface area contributed by atoms with Crippen molar-refractivity contribution < 1.29 is 19.1 Å². The minimum atomic E-state index is -0.571. The van der Waals surface area contributed by atoms with E-state index in [1.807, 2.05) is 103 Å². The number of ether oxygens (including phenoxy) is 2. The van der Waals surface area contributed by atoms with Gasteiger partial charge >= 0.3 is 12.0 Å². The largest absolute Gasteiger partial charge is 0.480 e. The number of carbonyl (C=O) groups is 2. The number of anilines is 2. The molecule has 5 rings (SSSR count). The third kappa shape index (κ3) is 7.19. The summed E-state index contributed by atoms with van der Waals surface area (Å²) in [6.07, 6.45) is 0.362. The summed E-state index contributed by atoms with van der Waals surface area (Å²) in [6.45, 7) is 0. The Morgan fingerprint density at radius 2 is 1.15 bits per heavy atom. The van der Waals surface area contributed by atoms with Crippen LogP contribution < -0.4 is 15.4 Å². The molecule has 0 aromatic heterocycles. The molecule has 0 spiro atoms. The third-order valence-electron chi connectivity index (χ3n) is 6.56. The number of hydrogen-bond donors (Lipinski definition) is 2. The van der Waals surface area contributed by atoms with Gasteiger partial charge in [-0.25, -0.2) is 9.59 Å². The first-order valence-corrected chi connectivity index (χ1v) is 13.3. The molecule has 0 radical (unpaired) electrons. The minimum Gasteiger partial charge on any atom is -0.480 e. The smallest absolute Gasteiger partial charge is 0.341 e. The lowest BCUT2D eigenvalue weighted by atomic mass is 10.0. The lowest BCUT2D eigenvalue weighted by Crippen LogP contribution is -2.20. The number of carbonyl (C=O) groups excluding carboxylic acids is 2. The summed E-state index contributed by atoms with van der Waals surface area (Å²) in [7, 11) is 1.31. The van der Waals surface area contributed by atoms with Crippen LogP contribution in [0.5, 0.6) is 5.75 Å². The molecule has 0 aliphatic heterocycles. The zero-order chi connectivity index (χ0) is 28.4. The Morgan fingerprint density at radius 1 is 0.634 bits per heavy atom. The zero-order valence-electron chi connectivity index (χ0n) is 22.6. The first-order valence-electron chi connectivity index (χ1n) is 13.3. The van der Waals surface area contributed by atoms with Gasteiger partial charge in [-0.2, -0.15) is 0 Å². The number of esters is 1. The summed E-state index contributed by atoms with van der Waals surface area (Å²) in [5, 5.41) is 5.63. The average molecular weight is 543 g/mol. The van der Waals surface area contributed by atoms with Gasteiger partial charge in [0.1, 0.15) is 17.4 Å². The molecule has 2 amide bonds. The molecule has 5 aromatic rings. The van der Waals surface area contributed by atoms with Gasteiger partial charge in [0.2, 0.25) is 0 Å². The Labute approximate surface area is 239 Å². The van der Waals surface area contributed by atoms with Crippen molar-refractivity contribution in [2.75, 3.05) is 17.7 Å². The van der Waals surface area contributed by atoms with Crippen LogP contribution in [-0.2, 0) is 11.2 Å². The van der Waals surface area contributed by atoms with Crippen molar-refractivity contribution in [1.29, 1.82) is 0 Å². The highest BCUT2D eigenvalue weighted by Crippen LogP contribution is 2.32. The first-order chi connectivity index (χ1) is 20.1. The molecule has 6 heteroatoms. The normalized spacial score (nSPS) is 10.6. The van der Waals surface area contributed by atoms with E-state index in [0.717, 1.165) is 23.1 Å². The van der Waals surface area contributed by atoms with Crippen molar-refractivity contribution in [2.45, 2.75) is 12.5 Å². The maximum Gasteiger partial charge on any atom is 0.341 e. The molecule has 0 fully saturated rings. The first kappa shape index (κ1) is 27.2. The summed E-state index contributed by atoms with van der Waals surface area (Å²) < 4.78 is 11.5. The van der Waals surface area contributed by atoms with E-state index in [4.69, 9.17) is 9.47 Å². The predicted octanol–water partition coefficient (Wildman–Crippen LogP) is 7.88. The van der Waals surface area contributed by atoms with Crippen molar-refractivity contribution >= 4 is 23.4 Å². The van der Waals surface area contributed by atoms with Crippen LogP contribution in [0, 0.1) is 0 Å². The van der Waals surface area contributed by atoms with Crippen LogP contribution >= 0.6 is 0 Å². The lowest BCUT2D eigenvalue weighted by molar-refractivity contribution is 0.0594. The maximum atomic E-state index is 12.8. The maximum absolute atomic E-state index is 12.8. The number of nitrogens with one attached hydrogen (secondary N) is 2. The minimum absolute atomic E-state index is 0.201. The Morgan fingerprint density at radius 3 is 1.73 bits per heavy atom. The van der Waals surface area contributed by atoms with Gasteiger partial charge in [-0.15, -0.1) is 0 Å². The molecule has 6 nitrogen and oxygen atoms in total. The Hall–Kier alpha value is -5.36. The average Bonchev–Trinajstić information content (AvgIpc) is 3.02. The van der Waals surface area contributed by atoms with Gasteiger partial charge in [0.25, 0.3) is 0 Å². The van der Waals surface area contributed by atoms with Gasteiger partial charge in [0, 0.05) is 11.4 Å². The fraction of sp³-hybridized carbons (Fsp3) is 0.0857. The quantitative estimate of drug-likeness (QED) is 0.186. The Kier molecular flexibility index (Phi) is 8.72. The molecule has 41 heavy (non-hydrogen) atoms. The van der Waals surface area contributed by atoms with Crippen LogP contribution in [0.1, 0.15) is 38.7 Å². The van der Waals surface area contributed by atoms with E-state index in [2.05, 4.69) is 22.8 Å². The van der Waals surface area contributed by atoms with Crippen LogP contribution in [0.2, 0.25) is 0 Å². The molecule has 5 aromatic carbocycles. The SMILES string of the molecule is COC(=O)c1cc(NC(=O)Nc2ccc(Cc3ccccc3)cc2)ccc1OC(c1ccccc1)c1ccccc1. The second-order valence-electron chi connectivity index (χ2n) is 9.46. The van der Waals surface area contributed by atoms with Crippen LogP contribution in [-0.4, -0.2) is 19.1 Å². The molecule has 0 atom stereocenters. The molecular formula is C35H30N2O4. The van der Waals surface area contributed by atoms with Crippen LogP contribution in [0.25, 0.3) is 0 Å². The highest BCUT2D eigenvalue weighted by Gasteiger charge is 2.21. The number of benzene rings is 5.